The minimum atomic E-state index is 0.560. The second kappa shape index (κ2) is 3.87. The monoisotopic (exact) mass is 194 g/mol. The largest absolute Gasteiger partial charge is 0.0599 e. The fraction of sp³-hybridized carbons (Fsp3) is 1.00. The smallest absolute Gasteiger partial charge is 0.0337 e. The summed E-state index contributed by atoms with van der Waals surface area (Å²) in [6.07, 6.45) is 10.7. The van der Waals surface area contributed by atoms with Crippen LogP contribution in [0, 0.1) is 23.2 Å². The zero-order valence-electron chi connectivity index (χ0n) is 10.2. The van der Waals surface area contributed by atoms with Crippen molar-refractivity contribution < 1.29 is 0 Å². The van der Waals surface area contributed by atoms with Gasteiger partial charge in [-0.15, -0.1) is 0 Å². The van der Waals surface area contributed by atoms with Crippen molar-refractivity contribution >= 4 is 0 Å². The molecule has 2 saturated carbocycles. The first-order valence-electron chi connectivity index (χ1n) is 6.57. The first-order valence-corrected chi connectivity index (χ1v) is 6.57. The molecule has 0 aromatic rings. The van der Waals surface area contributed by atoms with Gasteiger partial charge in [0.05, 0.1) is 0 Å². The van der Waals surface area contributed by atoms with E-state index in [4.69, 9.17) is 0 Å². The highest BCUT2D eigenvalue weighted by Crippen LogP contribution is 2.48. The van der Waals surface area contributed by atoms with Gasteiger partial charge in [-0.3, -0.25) is 0 Å². The van der Waals surface area contributed by atoms with Crippen LogP contribution in [0.2, 0.25) is 0 Å². The second-order valence-corrected chi connectivity index (χ2v) is 6.70. The van der Waals surface area contributed by atoms with Crippen molar-refractivity contribution in [3.8, 4) is 0 Å². The van der Waals surface area contributed by atoms with Gasteiger partial charge < -0.3 is 0 Å². The van der Waals surface area contributed by atoms with Crippen LogP contribution in [-0.4, -0.2) is 0 Å². The van der Waals surface area contributed by atoms with Gasteiger partial charge in [-0.2, -0.15) is 0 Å². The molecule has 0 aliphatic heterocycles. The van der Waals surface area contributed by atoms with Gasteiger partial charge in [-0.1, -0.05) is 52.9 Å². The maximum Gasteiger partial charge on any atom is -0.0337 e. The Morgan fingerprint density at radius 3 is 2.07 bits per heavy atom. The van der Waals surface area contributed by atoms with Gasteiger partial charge in [-0.05, 0) is 36.0 Å². The summed E-state index contributed by atoms with van der Waals surface area (Å²) >= 11 is 0. The Morgan fingerprint density at radius 1 is 0.929 bits per heavy atom. The van der Waals surface area contributed by atoms with Crippen molar-refractivity contribution in [2.75, 3.05) is 0 Å². The summed E-state index contributed by atoms with van der Waals surface area (Å²) in [5.74, 6) is 3.20. The highest BCUT2D eigenvalue weighted by molar-refractivity contribution is 4.88. The van der Waals surface area contributed by atoms with E-state index in [1.807, 2.05) is 0 Å². The molecule has 0 aromatic heterocycles. The van der Waals surface area contributed by atoms with Crippen molar-refractivity contribution in [3.63, 3.8) is 0 Å². The summed E-state index contributed by atoms with van der Waals surface area (Å²) in [6.45, 7) is 7.32. The fourth-order valence-corrected chi connectivity index (χ4v) is 3.62. The third kappa shape index (κ3) is 2.15. The Balaban J connectivity index is 1.89. The first-order chi connectivity index (χ1) is 6.57. The van der Waals surface area contributed by atoms with Gasteiger partial charge in [0.25, 0.3) is 0 Å². The zero-order chi connectivity index (χ0) is 10.2. The van der Waals surface area contributed by atoms with Crippen LogP contribution in [0.15, 0.2) is 0 Å². The molecule has 2 aliphatic rings. The third-order valence-corrected chi connectivity index (χ3v) is 4.63. The first kappa shape index (κ1) is 10.5. The molecule has 2 aliphatic carbocycles. The van der Waals surface area contributed by atoms with Crippen LogP contribution in [0.1, 0.15) is 65.7 Å². The average molecular weight is 194 g/mol. The Bertz CT molecular complexity index is 183. The normalized spacial score (nSPS) is 34.5. The minimum absolute atomic E-state index is 0.560. The summed E-state index contributed by atoms with van der Waals surface area (Å²) in [6, 6.07) is 0. The third-order valence-electron chi connectivity index (χ3n) is 4.63. The summed E-state index contributed by atoms with van der Waals surface area (Å²) in [5.41, 5.74) is 0.560. The number of rotatable bonds is 2. The predicted octanol–water partition coefficient (Wildman–Crippen LogP) is 4.64. The molecule has 0 bridgehead atoms. The maximum atomic E-state index is 2.44. The summed E-state index contributed by atoms with van der Waals surface area (Å²) < 4.78 is 0. The molecule has 2 rings (SSSR count). The van der Waals surface area contributed by atoms with Crippen LogP contribution in [0.25, 0.3) is 0 Å². The molecular weight excluding hydrogens is 168 g/mol. The standard InChI is InChI=1S/C14H26/c1-14(2,3)13-9-5-8-12(13)10-11-6-4-7-11/h11-13H,4-10H2,1-3H3. The quantitative estimate of drug-likeness (QED) is 0.601. The fourth-order valence-electron chi connectivity index (χ4n) is 3.62. The highest BCUT2D eigenvalue weighted by Gasteiger charge is 2.37. The molecule has 0 amide bonds. The predicted molar refractivity (Wildman–Crippen MR) is 62.2 cm³/mol. The van der Waals surface area contributed by atoms with Gasteiger partial charge >= 0.3 is 0 Å². The van der Waals surface area contributed by atoms with E-state index in [1.165, 1.54) is 38.5 Å². The topological polar surface area (TPSA) is 0 Å². The molecule has 0 heteroatoms. The van der Waals surface area contributed by atoms with Crippen molar-refractivity contribution in [2.45, 2.75) is 65.7 Å². The van der Waals surface area contributed by atoms with Crippen LogP contribution >= 0.6 is 0 Å². The highest BCUT2D eigenvalue weighted by atomic mass is 14.4. The van der Waals surface area contributed by atoms with E-state index in [9.17, 15) is 0 Å². The SMILES string of the molecule is CC(C)(C)C1CCCC1CC1CCC1. The number of hydrogen-bond acceptors (Lipinski definition) is 0. The summed E-state index contributed by atoms with van der Waals surface area (Å²) in [7, 11) is 0. The lowest BCUT2D eigenvalue weighted by atomic mass is 9.69. The second-order valence-electron chi connectivity index (χ2n) is 6.70. The zero-order valence-corrected chi connectivity index (χ0v) is 10.2. The van der Waals surface area contributed by atoms with E-state index in [1.54, 1.807) is 6.42 Å². The molecule has 0 aromatic carbocycles. The van der Waals surface area contributed by atoms with Gasteiger partial charge in [0.1, 0.15) is 0 Å². The van der Waals surface area contributed by atoms with Crippen molar-refractivity contribution in [1.29, 1.82) is 0 Å². The molecule has 0 nitrogen and oxygen atoms in total. The average Bonchev–Trinajstić information content (AvgIpc) is 2.42. The van der Waals surface area contributed by atoms with E-state index in [-0.39, 0.29) is 0 Å². The molecule has 0 spiro atoms. The molecule has 0 N–H and O–H groups in total. The van der Waals surface area contributed by atoms with Crippen LogP contribution < -0.4 is 0 Å². The minimum Gasteiger partial charge on any atom is -0.0599 e. The Labute approximate surface area is 89.5 Å². The molecular formula is C14H26. The maximum absolute atomic E-state index is 2.44. The van der Waals surface area contributed by atoms with E-state index < -0.39 is 0 Å². The van der Waals surface area contributed by atoms with Gasteiger partial charge in [0.2, 0.25) is 0 Å². The van der Waals surface area contributed by atoms with Crippen LogP contribution in [0.5, 0.6) is 0 Å². The lowest BCUT2D eigenvalue weighted by Gasteiger charge is -2.36. The van der Waals surface area contributed by atoms with Gasteiger partial charge in [-0.25, -0.2) is 0 Å². The lowest BCUT2D eigenvalue weighted by molar-refractivity contribution is 0.141. The van der Waals surface area contributed by atoms with E-state index >= 15 is 0 Å². The van der Waals surface area contributed by atoms with Crippen LogP contribution in [0.3, 0.4) is 0 Å². The summed E-state index contributed by atoms with van der Waals surface area (Å²) in [4.78, 5) is 0. The lowest BCUT2D eigenvalue weighted by Crippen LogP contribution is -2.27. The molecule has 0 heterocycles. The van der Waals surface area contributed by atoms with Gasteiger partial charge in [0, 0.05) is 0 Å². The van der Waals surface area contributed by atoms with E-state index in [0.29, 0.717) is 5.41 Å². The van der Waals surface area contributed by atoms with Gasteiger partial charge in [0.15, 0.2) is 0 Å². The molecule has 0 radical (unpaired) electrons. The Hall–Kier alpha value is 0. The number of hydrogen-bond donors (Lipinski definition) is 0. The van der Waals surface area contributed by atoms with E-state index in [0.717, 1.165) is 17.8 Å². The Morgan fingerprint density at radius 2 is 1.57 bits per heavy atom. The molecule has 82 valence electrons. The van der Waals surface area contributed by atoms with Crippen LogP contribution in [-0.2, 0) is 0 Å². The van der Waals surface area contributed by atoms with Crippen molar-refractivity contribution in [3.05, 3.63) is 0 Å². The van der Waals surface area contributed by atoms with E-state index in [2.05, 4.69) is 20.8 Å². The Kier molecular flexibility index (Phi) is 2.91. The summed E-state index contributed by atoms with van der Waals surface area (Å²) in [5, 5.41) is 0. The van der Waals surface area contributed by atoms with Crippen molar-refractivity contribution in [2.24, 2.45) is 23.2 Å². The van der Waals surface area contributed by atoms with Crippen LogP contribution in [0.4, 0.5) is 0 Å². The molecule has 2 fully saturated rings. The molecule has 0 saturated heterocycles. The van der Waals surface area contributed by atoms with Crippen molar-refractivity contribution in [1.82, 2.24) is 0 Å². The molecule has 2 atom stereocenters. The molecule has 2 unspecified atom stereocenters. The molecule has 14 heavy (non-hydrogen) atoms.